The summed E-state index contributed by atoms with van der Waals surface area (Å²) in [7, 11) is 1.62. The van der Waals surface area contributed by atoms with Gasteiger partial charge in [0.05, 0.1) is 41.4 Å². The van der Waals surface area contributed by atoms with Crippen molar-refractivity contribution in [2.24, 2.45) is 0 Å². The van der Waals surface area contributed by atoms with Crippen LogP contribution in [0.25, 0.3) is 11.1 Å². The number of carbonyl (C=O) groups excluding carboxylic acids is 2. The fraction of sp³-hybridized carbons (Fsp3) is 0.323. The summed E-state index contributed by atoms with van der Waals surface area (Å²) in [6.07, 6.45) is -3.39. The molecule has 2 amide bonds. The topological polar surface area (TPSA) is 85.7 Å². The number of halogens is 4. The summed E-state index contributed by atoms with van der Waals surface area (Å²) >= 11 is 5.69. The molecule has 3 aromatic carbocycles. The zero-order chi connectivity index (χ0) is 30.3. The molecule has 0 unspecified atom stereocenters. The van der Waals surface area contributed by atoms with Crippen molar-refractivity contribution >= 4 is 29.1 Å². The molecule has 0 bridgehead atoms. The Bertz CT molecular complexity index is 1460. The van der Waals surface area contributed by atoms with Gasteiger partial charge < -0.3 is 15.0 Å². The molecule has 1 aliphatic heterocycles. The minimum Gasteiger partial charge on any atom is -0.380 e. The smallest absolute Gasteiger partial charge is 0.380 e. The van der Waals surface area contributed by atoms with Crippen molar-refractivity contribution in [2.45, 2.75) is 25.1 Å². The van der Waals surface area contributed by atoms with Crippen LogP contribution in [0.2, 0.25) is 5.02 Å². The molecule has 11 heteroatoms. The van der Waals surface area contributed by atoms with E-state index in [1.165, 1.54) is 11.0 Å². The highest BCUT2D eigenvalue weighted by Crippen LogP contribution is 2.36. The first-order valence-electron chi connectivity index (χ1n) is 13.3. The van der Waals surface area contributed by atoms with Gasteiger partial charge in [0.25, 0.3) is 0 Å². The number of benzene rings is 3. The highest BCUT2D eigenvalue weighted by Gasteiger charge is 2.33. The van der Waals surface area contributed by atoms with Gasteiger partial charge in [-0.2, -0.15) is 18.4 Å². The molecular formula is C31H30ClF3N4O3. The molecule has 1 heterocycles. The monoisotopic (exact) mass is 598 g/mol. The van der Waals surface area contributed by atoms with Gasteiger partial charge in [-0.05, 0) is 59.9 Å². The molecule has 1 fully saturated rings. The van der Waals surface area contributed by atoms with Crippen molar-refractivity contribution < 1.29 is 27.5 Å². The average molecular weight is 599 g/mol. The van der Waals surface area contributed by atoms with Crippen molar-refractivity contribution in [3.8, 4) is 17.2 Å². The molecule has 42 heavy (non-hydrogen) atoms. The van der Waals surface area contributed by atoms with Gasteiger partial charge in [-0.25, -0.2) is 0 Å². The van der Waals surface area contributed by atoms with E-state index in [1.807, 2.05) is 41.3 Å². The normalized spacial score (nSPS) is 15.3. The van der Waals surface area contributed by atoms with E-state index in [9.17, 15) is 22.8 Å². The maximum atomic E-state index is 13.3. The lowest BCUT2D eigenvalue weighted by Gasteiger charge is -2.25. The lowest BCUT2D eigenvalue weighted by Crippen LogP contribution is -2.44. The zero-order valence-corrected chi connectivity index (χ0v) is 23.7. The van der Waals surface area contributed by atoms with Gasteiger partial charge in [-0.3, -0.25) is 14.5 Å². The summed E-state index contributed by atoms with van der Waals surface area (Å²) in [5.41, 5.74) is 2.21. The van der Waals surface area contributed by atoms with Crippen LogP contribution in [-0.4, -0.2) is 67.6 Å². The molecule has 4 rings (SSSR count). The largest absolute Gasteiger partial charge is 0.417 e. The number of amides is 2. The molecule has 1 atom stereocenters. The Morgan fingerprint density at radius 3 is 2.55 bits per heavy atom. The number of nitrogens with zero attached hydrogens (tertiary/aromatic N) is 3. The summed E-state index contributed by atoms with van der Waals surface area (Å²) in [5, 5.41) is 11.2. The lowest BCUT2D eigenvalue weighted by molar-refractivity contribution is -0.137. The molecule has 0 spiro atoms. The molecule has 220 valence electrons. The zero-order valence-electron chi connectivity index (χ0n) is 23.0. The van der Waals surface area contributed by atoms with Gasteiger partial charge in [-0.15, -0.1) is 0 Å². The van der Waals surface area contributed by atoms with Crippen molar-refractivity contribution in [1.82, 2.24) is 9.80 Å². The van der Waals surface area contributed by atoms with Crippen LogP contribution in [0.1, 0.15) is 23.1 Å². The van der Waals surface area contributed by atoms with E-state index in [-0.39, 0.29) is 37.3 Å². The number of anilines is 1. The highest BCUT2D eigenvalue weighted by atomic mass is 35.5. The maximum absolute atomic E-state index is 13.3. The lowest BCUT2D eigenvalue weighted by atomic mass is 10.0. The van der Waals surface area contributed by atoms with Crippen LogP contribution in [0.15, 0.2) is 66.7 Å². The van der Waals surface area contributed by atoms with Gasteiger partial charge in [-0.1, -0.05) is 48.0 Å². The van der Waals surface area contributed by atoms with Crippen LogP contribution in [0.5, 0.6) is 0 Å². The Labute approximate surface area is 247 Å². The Hall–Kier alpha value is -3.91. The Morgan fingerprint density at radius 2 is 1.88 bits per heavy atom. The van der Waals surface area contributed by atoms with Gasteiger partial charge in [0.2, 0.25) is 11.8 Å². The fourth-order valence-corrected chi connectivity index (χ4v) is 5.03. The van der Waals surface area contributed by atoms with E-state index >= 15 is 0 Å². The van der Waals surface area contributed by atoms with Gasteiger partial charge in [0.1, 0.15) is 0 Å². The average Bonchev–Trinajstić information content (AvgIpc) is 3.43. The van der Waals surface area contributed by atoms with Gasteiger partial charge in [0, 0.05) is 32.4 Å². The molecule has 1 saturated heterocycles. The Balaban J connectivity index is 1.44. The molecule has 0 aliphatic carbocycles. The first kappa shape index (κ1) is 31.0. The van der Waals surface area contributed by atoms with E-state index in [0.29, 0.717) is 25.1 Å². The van der Waals surface area contributed by atoms with Crippen molar-refractivity contribution in [3.63, 3.8) is 0 Å². The van der Waals surface area contributed by atoms with Gasteiger partial charge in [0.15, 0.2) is 0 Å². The third-order valence-corrected chi connectivity index (χ3v) is 7.44. The molecular weight excluding hydrogens is 569 g/mol. The molecule has 1 N–H and O–H groups in total. The minimum absolute atomic E-state index is 0.0367. The first-order valence-corrected chi connectivity index (χ1v) is 13.7. The van der Waals surface area contributed by atoms with E-state index in [0.717, 1.165) is 35.2 Å². The third-order valence-electron chi connectivity index (χ3n) is 7.11. The summed E-state index contributed by atoms with van der Waals surface area (Å²) in [6.45, 7) is 1.28. The predicted octanol–water partition coefficient (Wildman–Crippen LogP) is 5.63. The van der Waals surface area contributed by atoms with Crippen molar-refractivity contribution in [3.05, 3.63) is 88.4 Å². The number of alkyl halides is 3. The van der Waals surface area contributed by atoms with Crippen LogP contribution in [0.3, 0.4) is 0 Å². The van der Waals surface area contributed by atoms with Crippen molar-refractivity contribution in [1.29, 1.82) is 5.26 Å². The predicted molar refractivity (Wildman–Crippen MR) is 154 cm³/mol. The number of hydrogen-bond acceptors (Lipinski definition) is 5. The maximum Gasteiger partial charge on any atom is 0.417 e. The van der Waals surface area contributed by atoms with Crippen LogP contribution in [-0.2, 0) is 26.9 Å². The van der Waals surface area contributed by atoms with E-state index in [2.05, 4.69) is 11.4 Å². The quantitative estimate of drug-likeness (QED) is 0.327. The van der Waals surface area contributed by atoms with E-state index in [4.69, 9.17) is 21.6 Å². The fourth-order valence-electron chi connectivity index (χ4n) is 4.81. The van der Waals surface area contributed by atoms with E-state index in [1.54, 1.807) is 19.2 Å². The molecule has 1 aliphatic rings. The number of hydrogen-bond donors (Lipinski definition) is 1. The van der Waals surface area contributed by atoms with Crippen LogP contribution >= 0.6 is 11.6 Å². The Morgan fingerprint density at radius 1 is 1.12 bits per heavy atom. The number of rotatable bonds is 10. The number of likely N-dealkylation sites (tertiary alicyclic amines) is 1. The standard InChI is InChI=1S/C31H30ClF3N4O3/c1-42-26-12-13-38(18-26)20-30(41)39(19-29(40)37-25-9-10-28(32)27(16-25)31(33,34)35)14-11-21-5-7-23(8-6-21)24-4-2-3-22(15-24)17-36/h2-10,15-16,26H,11-14,18-20H2,1H3,(H,37,40)/t26-/m1/s1. The number of nitriles is 1. The molecule has 7 nitrogen and oxygen atoms in total. The number of methoxy groups -OCH3 is 1. The molecule has 0 saturated carbocycles. The number of ether oxygens (including phenoxy) is 1. The second kappa shape index (κ2) is 13.8. The minimum atomic E-state index is -4.68. The van der Waals surface area contributed by atoms with E-state index < -0.39 is 22.7 Å². The second-order valence-electron chi connectivity index (χ2n) is 10.1. The summed E-state index contributed by atoms with van der Waals surface area (Å²) in [6, 6.07) is 20.2. The molecule has 0 radical (unpaired) electrons. The summed E-state index contributed by atoms with van der Waals surface area (Å²) in [5.74, 6) is -0.887. The first-order chi connectivity index (χ1) is 20.0. The molecule has 3 aromatic rings. The molecule has 0 aromatic heterocycles. The Kier molecular flexibility index (Phi) is 10.2. The summed E-state index contributed by atoms with van der Waals surface area (Å²) in [4.78, 5) is 29.6. The van der Waals surface area contributed by atoms with Crippen LogP contribution < -0.4 is 5.32 Å². The summed E-state index contributed by atoms with van der Waals surface area (Å²) < 4.78 is 45.2. The third kappa shape index (κ3) is 8.32. The van der Waals surface area contributed by atoms with Crippen molar-refractivity contribution in [2.75, 3.05) is 45.2 Å². The van der Waals surface area contributed by atoms with Gasteiger partial charge >= 0.3 is 6.18 Å². The number of nitrogens with one attached hydrogen (secondary N) is 1. The van der Waals surface area contributed by atoms with Crippen LogP contribution in [0, 0.1) is 11.3 Å². The highest BCUT2D eigenvalue weighted by molar-refractivity contribution is 6.31. The number of carbonyl (C=O) groups is 2. The SMILES string of the molecule is CO[C@@H]1CCN(CC(=O)N(CCc2ccc(-c3cccc(C#N)c3)cc2)CC(=O)Nc2ccc(Cl)c(C(F)(F)F)c2)C1. The second-order valence-corrected chi connectivity index (χ2v) is 10.5. The van der Waals surface area contributed by atoms with Crippen LogP contribution in [0.4, 0.5) is 18.9 Å².